The zero-order valence-electron chi connectivity index (χ0n) is 13.3. The van der Waals surface area contributed by atoms with Crippen LogP contribution in [0.3, 0.4) is 0 Å². The molecule has 0 aliphatic carbocycles. The average molecular weight is 380 g/mol. The third-order valence-corrected chi connectivity index (χ3v) is 3.60. The Kier molecular flexibility index (Phi) is 5.42. The molecule has 1 atom stereocenters. The monoisotopic (exact) mass is 379 g/mol. The van der Waals surface area contributed by atoms with Gasteiger partial charge in [0.2, 0.25) is 0 Å². The summed E-state index contributed by atoms with van der Waals surface area (Å²) in [6.45, 7) is 5.41. The molecule has 0 spiro atoms. The largest absolute Gasteiger partial charge is 0.444 e. The highest BCUT2D eigenvalue weighted by atomic mass is 79.9. The van der Waals surface area contributed by atoms with Gasteiger partial charge in [0.15, 0.2) is 0 Å². The van der Waals surface area contributed by atoms with E-state index < -0.39 is 17.7 Å². The van der Waals surface area contributed by atoms with Crippen LogP contribution in [0.15, 0.2) is 53.0 Å². The van der Waals surface area contributed by atoms with Crippen LogP contribution >= 0.6 is 15.9 Å². The van der Waals surface area contributed by atoms with E-state index >= 15 is 0 Å². The van der Waals surface area contributed by atoms with Crippen LogP contribution < -0.4 is 5.32 Å². The lowest BCUT2D eigenvalue weighted by Crippen LogP contribution is -2.35. The molecule has 0 heterocycles. The van der Waals surface area contributed by atoms with Crippen molar-refractivity contribution < 1.29 is 13.9 Å². The highest BCUT2D eigenvalue weighted by Crippen LogP contribution is 2.24. The first kappa shape index (κ1) is 17.5. The molecule has 122 valence electrons. The summed E-state index contributed by atoms with van der Waals surface area (Å²) in [7, 11) is 0. The Morgan fingerprint density at radius 3 is 2.00 bits per heavy atom. The van der Waals surface area contributed by atoms with Crippen molar-refractivity contribution in [2.45, 2.75) is 32.4 Å². The number of amides is 1. The molecule has 0 aromatic heterocycles. The Morgan fingerprint density at radius 2 is 1.52 bits per heavy atom. The quantitative estimate of drug-likeness (QED) is 0.795. The Morgan fingerprint density at radius 1 is 1.04 bits per heavy atom. The lowest BCUT2D eigenvalue weighted by molar-refractivity contribution is 0.0512. The minimum atomic E-state index is -0.586. The summed E-state index contributed by atoms with van der Waals surface area (Å²) in [5.74, 6) is -0.319. The molecule has 1 N–H and O–H groups in total. The van der Waals surface area contributed by atoms with E-state index in [2.05, 4.69) is 21.2 Å². The van der Waals surface area contributed by atoms with Gasteiger partial charge in [-0.15, -0.1) is 0 Å². The predicted molar refractivity (Wildman–Crippen MR) is 91.8 cm³/mol. The van der Waals surface area contributed by atoms with Gasteiger partial charge in [0.25, 0.3) is 0 Å². The highest BCUT2D eigenvalue weighted by Gasteiger charge is 2.21. The first-order valence-electron chi connectivity index (χ1n) is 7.25. The van der Waals surface area contributed by atoms with E-state index in [0.29, 0.717) is 0 Å². The normalized spacial score (nSPS) is 12.6. The number of rotatable bonds is 3. The Bertz CT molecular complexity index is 617. The van der Waals surface area contributed by atoms with Crippen molar-refractivity contribution in [2.75, 3.05) is 0 Å². The summed E-state index contributed by atoms with van der Waals surface area (Å²) in [5.41, 5.74) is 1.07. The summed E-state index contributed by atoms with van der Waals surface area (Å²) in [4.78, 5) is 12.1. The number of benzene rings is 2. The van der Waals surface area contributed by atoms with Crippen molar-refractivity contribution in [2.24, 2.45) is 0 Å². The molecule has 0 aliphatic rings. The molecule has 2 aromatic carbocycles. The summed E-state index contributed by atoms with van der Waals surface area (Å²) in [6.07, 6.45) is -0.519. The van der Waals surface area contributed by atoms with Gasteiger partial charge in [-0.3, -0.25) is 0 Å². The van der Waals surface area contributed by atoms with E-state index in [4.69, 9.17) is 4.74 Å². The number of carbonyl (C=O) groups excluding carboxylic acids is 1. The predicted octanol–water partition coefficient (Wildman–Crippen LogP) is 5.20. The summed E-state index contributed by atoms with van der Waals surface area (Å²) in [6, 6.07) is 13.2. The number of carbonyl (C=O) groups is 1. The second-order valence-electron chi connectivity index (χ2n) is 6.18. The minimum absolute atomic E-state index is 0.319. The second kappa shape index (κ2) is 7.13. The standard InChI is InChI=1S/C18H19BrFNO2/c1-18(2,3)23-17(22)21-16(12-4-8-14(19)9-5-12)13-6-10-15(20)11-7-13/h4-11,16H,1-3H3,(H,21,22). The number of alkyl carbamates (subject to hydrolysis) is 1. The van der Waals surface area contributed by atoms with Crippen LogP contribution in [-0.4, -0.2) is 11.7 Å². The van der Waals surface area contributed by atoms with E-state index in [9.17, 15) is 9.18 Å². The van der Waals surface area contributed by atoms with Crippen molar-refractivity contribution in [3.8, 4) is 0 Å². The maximum Gasteiger partial charge on any atom is 0.408 e. The van der Waals surface area contributed by atoms with Crippen LogP contribution in [0.2, 0.25) is 0 Å². The van der Waals surface area contributed by atoms with Gasteiger partial charge in [-0.05, 0) is 56.2 Å². The molecule has 23 heavy (non-hydrogen) atoms. The fraction of sp³-hybridized carbons (Fsp3) is 0.278. The molecule has 3 nitrogen and oxygen atoms in total. The summed E-state index contributed by atoms with van der Waals surface area (Å²) in [5, 5.41) is 2.85. The molecule has 0 saturated heterocycles. The number of hydrogen-bond donors (Lipinski definition) is 1. The van der Waals surface area contributed by atoms with Crippen LogP contribution in [0.4, 0.5) is 9.18 Å². The maximum absolute atomic E-state index is 13.2. The molecule has 1 unspecified atom stereocenters. The van der Waals surface area contributed by atoms with Gasteiger partial charge in [0.05, 0.1) is 6.04 Å². The molecule has 0 saturated carbocycles. The first-order chi connectivity index (χ1) is 10.7. The topological polar surface area (TPSA) is 38.3 Å². The number of hydrogen-bond acceptors (Lipinski definition) is 2. The lowest BCUT2D eigenvalue weighted by atomic mass is 9.99. The van der Waals surface area contributed by atoms with Crippen LogP contribution in [0.25, 0.3) is 0 Å². The first-order valence-corrected chi connectivity index (χ1v) is 8.04. The Balaban J connectivity index is 2.29. The van der Waals surface area contributed by atoms with Gasteiger partial charge >= 0.3 is 6.09 Å². The van der Waals surface area contributed by atoms with Crippen LogP contribution in [-0.2, 0) is 4.74 Å². The van der Waals surface area contributed by atoms with Crippen molar-refractivity contribution in [3.63, 3.8) is 0 Å². The highest BCUT2D eigenvalue weighted by molar-refractivity contribution is 9.10. The fourth-order valence-corrected chi connectivity index (χ4v) is 2.36. The molecule has 2 aromatic rings. The molecular weight excluding hydrogens is 361 g/mol. The molecular formula is C18H19BrFNO2. The second-order valence-corrected chi connectivity index (χ2v) is 7.10. The Hall–Kier alpha value is -1.88. The molecule has 0 radical (unpaired) electrons. The minimum Gasteiger partial charge on any atom is -0.444 e. The molecule has 0 bridgehead atoms. The van der Waals surface area contributed by atoms with Gasteiger partial charge in [0, 0.05) is 4.47 Å². The molecule has 5 heteroatoms. The Labute approximate surface area is 144 Å². The summed E-state index contributed by atoms with van der Waals surface area (Å²) >= 11 is 3.39. The third kappa shape index (κ3) is 5.36. The van der Waals surface area contributed by atoms with Gasteiger partial charge in [-0.2, -0.15) is 0 Å². The zero-order valence-corrected chi connectivity index (χ0v) is 14.9. The average Bonchev–Trinajstić information content (AvgIpc) is 2.45. The third-order valence-electron chi connectivity index (χ3n) is 3.07. The molecule has 0 aliphatic heterocycles. The zero-order chi connectivity index (χ0) is 17.0. The van der Waals surface area contributed by atoms with Crippen molar-refractivity contribution in [3.05, 3.63) is 69.9 Å². The fourth-order valence-electron chi connectivity index (χ4n) is 2.09. The van der Waals surface area contributed by atoms with Gasteiger partial charge in [-0.25, -0.2) is 9.18 Å². The van der Waals surface area contributed by atoms with Crippen LogP contribution in [0, 0.1) is 5.82 Å². The van der Waals surface area contributed by atoms with Crippen LogP contribution in [0.1, 0.15) is 37.9 Å². The smallest absolute Gasteiger partial charge is 0.408 e. The van der Waals surface area contributed by atoms with E-state index in [1.54, 1.807) is 32.9 Å². The number of ether oxygens (including phenoxy) is 1. The van der Waals surface area contributed by atoms with Gasteiger partial charge in [-0.1, -0.05) is 40.2 Å². The number of nitrogens with one attached hydrogen (secondary N) is 1. The van der Waals surface area contributed by atoms with E-state index in [1.165, 1.54) is 12.1 Å². The van der Waals surface area contributed by atoms with E-state index in [1.807, 2.05) is 24.3 Å². The summed E-state index contributed by atoms with van der Waals surface area (Å²) < 4.78 is 19.4. The van der Waals surface area contributed by atoms with Gasteiger partial charge < -0.3 is 10.1 Å². The van der Waals surface area contributed by atoms with E-state index in [-0.39, 0.29) is 5.82 Å². The van der Waals surface area contributed by atoms with Crippen LogP contribution in [0.5, 0.6) is 0 Å². The molecule has 2 rings (SSSR count). The molecule has 0 fully saturated rings. The number of halogens is 2. The maximum atomic E-state index is 13.2. The van der Waals surface area contributed by atoms with E-state index in [0.717, 1.165) is 15.6 Å². The lowest BCUT2D eigenvalue weighted by Gasteiger charge is -2.24. The SMILES string of the molecule is CC(C)(C)OC(=O)NC(c1ccc(F)cc1)c1ccc(Br)cc1. The van der Waals surface area contributed by atoms with Crippen molar-refractivity contribution in [1.82, 2.24) is 5.32 Å². The van der Waals surface area contributed by atoms with Gasteiger partial charge in [0.1, 0.15) is 11.4 Å². The van der Waals surface area contributed by atoms with Crippen molar-refractivity contribution in [1.29, 1.82) is 0 Å². The van der Waals surface area contributed by atoms with Crippen molar-refractivity contribution >= 4 is 22.0 Å². The molecule has 1 amide bonds.